The molecule has 2 aromatic rings. The molecule has 1 aliphatic rings. The molecule has 4 nitrogen and oxygen atoms in total. The molecular weight excluding hydrogens is 274 g/mol. The van der Waals surface area contributed by atoms with Crippen molar-refractivity contribution >= 4 is 11.6 Å². The molecule has 106 valence electrons. The first kappa shape index (κ1) is 13.6. The summed E-state index contributed by atoms with van der Waals surface area (Å²) < 4.78 is 5.54. The largest absolute Gasteiger partial charge is 0.444 e. The Labute approximate surface area is 123 Å². The summed E-state index contributed by atoms with van der Waals surface area (Å²) in [6, 6.07) is 7.75. The van der Waals surface area contributed by atoms with Gasteiger partial charge < -0.3 is 10.2 Å². The normalized spacial score (nSPS) is 23.4. The summed E-state index contributed by atoms with van der Waals surface area (Å²) in [6.07, 6.45) is 1.72. The van der Waals surface area contributed by atoms with Crippen molar-refractivity contribution in [1.29, 1.82) is 0 Å². The number of halogens is 1. The third-order valence-corrected chi connectivity index (χ3v) is 4.03. The molecule has 2 heterocycles. The van der Waals surface area contributed by atoms with Crippen LogP contribution in [0.4, 0.5) is 0 Å². The van der Waals surface area contributed by atoms with Gasteiger partial charge in [-0.3, -0.25) is 4.90 Å². The van der Waals surface area contributed by atoms with E-state index in [1.807, 2.05) is 24.3 Å². The van der Waals surface area contributed by atoms with Gasteiger partial charge in [0.2, 0.25) is 5.89 Å². The highest BCUT2D eigenvalue weighted by atomic mass is 35.5. The zero-order valence-electron chi connectivity index (χ0n) is 11.4. The molecule has 1 aromatic carbocycles. The van der Waals surface area contributed by atoms with Gasteiger partial charge in [-0.1, -0.05) is 18.5 Å². The van der Waals surface area contributed by atoms with Gasteiger partial charge >= 0.3 is 0 Å². The maximum atomic E-state index is 6.03. The third kappa shape index (κ3) is 2.87. The highest BCUT2D eigenvalue weighted by molar-refractivity contribution is 6.30. The third-order valence-electron chi connectivity index (χ3n) is 3.77. The molecular formula is C15H18ClN3O. The number of hydrogen-bond donors (Lipinski definition) is 1. The van der Waals surface area contributed by atoms with Crippen molar-refractivity contribution in [3.05, 3.63) is 41.2 Å². The molecule has 0 spiro atoms. The molecule has 1 fully saturated rings. The Morgan fingerprint density at radius 3 is 2.75 bits per heavy atom. The van der Waals surface area contributed by atoms with Crippen molar-refractivity contribution in [2.45, 2.75) is 19.5 Å². The lowest BCUT2D eigenvalue weighted by Crippen LogP contribution is -2.28. The van der Waals surface area contributed by atoms with Gasteiger partial charge in [0.15, 0.2) is 0 Å². The monoisotopic (exact) mass is 291 g/mol. The van der Waals surface area contributed by atoms with Crippen LogP contribution in [0.1, 0.15) is 12.6 Å². The fourth-order valence-electron chi connectivity index (χ4n) is 2.56. The highest BCUT2D eigenvalue weighted by Gasteiger charge is 2.26. The Bertz CT molecular complexity index is 571. The Morgan fingerprint density at radius 1 is 1.35 bits per heavy atom. The Balaban J connectivity index is 1.69. The summed E-state index contributed by atoms with van der Waals surface area (Å²) in [5.41, 5.74) is 7.91. The Hall–Kier alpha value is -1.36. The quantitative estimate of drug-likeness (QED) is 0.945. The molecule has 2 N–H and O–H groups in total. The van der Waals surface area contributed by atoms with Crippen molar-refractivity contribution in [3.8, 4) is 11.5 Å². The molecule has 0 amide bonds. The summed E-state index contributed by atoms with van der Waals surface area (Å²) in [5.74, 6) is 1.17. The Morgan fingerprint density at radius 2 is 2.10 bits per heavy atom. The van der Waals surface area contributed by atoms with E-state index in [1.165, 1.54) is 0 Å². The standard InChI is InChI=1S/C15H18ClN3O/c1-10-6-19(8-14(10)17)7-13-9-20-15(18-13)11-2-4-12(16)5-3-11/h2-5,9-10,14H,6-8,17H2,1H3. The zero-order valence-corrected chi connectivity index (χ0v) is 12.2. The van der Waals surface area contributed by atoms with Crippen LogP contribution in [-0.4, -0.2) is 29.0 Å². The number of rotatable bonds is 3. The second-order valence-corrected chi connectivity index (χ2v) is 5.92. The van der Waals surface area contributed by atoms with Gasteiger partial charge in [0.1, 0.15) is 6.26 Å². The van der Waals surface area contributed by atoms with Crippen molar-refractivity contribution in [1.82, 2.24) is 9.88 Å². The van der Waals surface area contributed by atoms with Crippen LogP contribution in [0.2, 0.25) is 5.02 Å². The lowest BCUT2D eigenvalue weighted by molar-refractivity contribution is 0.314. The molecule has 0 saturated carbocycles. The predicted octanol–water partition coefficient (Wildman–Crippen LogP) is 2.77. The molecule has 0 bridgehead atoms. The maximum absolute atomic E-state index is 6.03. The van der Waals surface area contributed by atoms with Crippen LogP contribution in [0.5, 0.6) is 0 Å². The molecule has 2 unspecified atom stereocenters. The average molecular weight is 292 g/mol. The number of nitrogens with zero attached hydrogens (tertiary/aromatic N) is 2. The van der Waals surface area contributed by atoms with Crippen LogP contribution < -0.4 is 5.73 Å². The lowest BCUT2D eigenvalue weighted by Gasteiger charge is -2.12. The van der Waals surface area contributed by atoms with E-state index in [-0.39, 0.29) is 6.04 Å². The van der Waals surface area contributed by atoms with Crippen LogP contribution in [0.15, 0.2) is 34.9 Å². The molecule has 2 atom stereocenters. The smallest absolute Gasteiger partial charge is 0.226 e. The number of likely N-dealkylation sites (tertiary alicyclic amines) is 1. The molecule has 0 aliphatic carbocycles. The van der Waals surface area contributed by atoms with Gasteiger partial charge in [-0.2, -0.15) is 0 Å². The molecule has 1 aromatic heterocycles. The summed E-state index contributed by atoms with van der Waals surface area (Å²) in [7, 11) is 0. The van der Waals surface area contributed by atoms with Gasteiger partial charge in [0, 0.05) is 36.3 Å². The van der Waals surface area contributed by atoms with E-state index in [2.05, 4.69) is 16.8 Å². The SMILES string of the molecule is CC1CN(Cc2coc(-c3ccc(Cl)cc3)n2)CC1N. The minimum absolute atomic E-state index is 0.262. The second-order valence-electron chi connectivity index (χ2n) is 5.49. The molecule has 5 heteroatoms. The summed E-state index contributed by atoms with van der Waals surface area (Å²) in [6.45, 7) is 4.91. The zero-order chi connectivity index (χ0) is 14.1. The van der Waals surface area contributed by atoms with E-state index in [0.29, 0.717) is 16.8 Å². The van der Waals surface area contributed by atoms with E-state index in [9.17, 15) is 0 Å². The van der Waals surface area contributed by atoms with E-state index < -0.39 is 0 Å². The molecule has 0 radical (unpaired) electrons. The summed E-state index contributed by atoms with van der Waals surface area (Å²) in [5, 5.41) is 0.709. The first-order valence-corrected chi connectivity index (χ1v) is 7.18. The van der Waals surface area contributed by atoms with Crippen molar-refractivity contribution in [2.75, 3.05) is 13.1 Å². The van der Waals surface area contributed by atoms with Crippen LogP contribution in [0, 0.1) is 5.92 Å². The minimum atomic E-state index is 0.262. The number of aromatic nitrogens is 1. The number of benzene rings is 1. The Kier molecular flexibility index (Phi) is 3.78. The van der Waals surface area contributed by atoms with Gasteiger partial charge in [-0.25, -0.2) is 4.98 Å². The molecule has 1 saturated heterocycles. The second kappa shape index (κ2) is 5.56. The molecule has 20 heavy (non-hydrogen) atoms. The molecule has 3 rings (SSSR count). The minimum Gasteiger partial charge on any atom is -0.444 e. The van der Waals surface area contributed by atoms with Crippen LogP contribution in [0.3, 0.4) is 0 Å². The van der Waals surface area contributed by atoms with Crippen molar-refractivity contribution in [3.63, 3.8) is 0 Å². The number of hydrogen-bond acceptors (Lipinski definition) is 4. The summed E-state index contributed by atoms with van der Waals surface area (Å²) in [4.78, 5) is 6.85. The fourth-order valence-corrected chi connectivity index (χ4v) is 2.68. The fraction of sp³-hybridized carbons (Fsp3) is 0.400. The number of nitrogens with two attached hydrogens (primary N) is 1. The van der Waals surface area contributed by atoms with Crippen molar-refractivity contribution < 1.29 is 4.42 Å². The summed E-state index contributed by atoms with van der Waals surface area (Å²) >= 11 is 5.88. The maximum Gasteiger partial charge on any atom is 0.226 e. The highest BCUT2D eigenvalue weighted by Crippen LogP contribution is 2.22. The first-order valence-electron chi connectivity index (χ1n) is 6.80. The average Bonchev–Trinajstić information content (AvgIpc) is 2.99. The van der Waals surface area contributed by atoms with Crippen LogP contribution in [-0.2, 0) is 6.54 Å². The van der Waals surface area contributed by atoms with E-state index in [0.717, 1.165) is 30.9 Å². The van der Waals surface area contributed by atoms with E-state index in [1.54, 1.807) is 6.26 Å². The van der Waals surface area contributed by atoms with E-state index >= 15 is 0 Å². The van der Waals surface area contributed by atoms with Gasteiger partial charge in [0.25, 0.3) is 0 Å². The van der Waals surface area contributed by atoms with Crippen molar-refractivity contribution in [2.24, 2.45) is 11.7 Å². The van der Waals surface area contributed by atoms with Gasteiger partial charge in [0.05, 0.1) is 5.69 Å². The van der Waals surface area contributed by atoms with Crippen LogP contribution in [0.25, 0.3) is 11.5 Å². The first-order chi connectivity index (χ1) is 9.61. The topological polar surface area (TPSA) is 55.3 Å². The van der Waals surface area contributed by atoms with Crippen LogP contribution >= 0.6 is 11.6 Å². The molecule has 1 aliphatic heterocycles. The predicted molar refractivity (Wildman–Crippen MR) is 79.4 cm³/mol. The van der Waals surface area contributed by atoms with E-state index in [4.69, 9.17) is 21.8 Å². The van der Waals surface area contributed by atoms with Gasteiger partial charge in [-0.15, -0.1) is 0 Å². The lowest BCUT2D eigenvalue weighted by atomic mass is 10.1. The van der Waals surface area contributed by atoms with Gasteiger partial charge in [-0.05, 0) is 30.2 Å². The number of oxazole rings is 1.